The fourth-order valence-corrected chi connectivity index (χ4v) is 11.7. The van der Waals surface area contributed by atoms with Gasteiger partial charge in [0.15, 0.2) is 17.7 Å². The number of benzene rings is 4. The number of rotatable bonds is 21. The number of carbonyl (C=O) groups is 2. The predicted molar refractivity (Wildman–Crippen MR) is 313 cm³/mol. The minimum Gasteiger partial charge on any atom is -0.486 e. The smallest absolute Gasteiger partial charge is 0.319 e. The summed E-state index contributed by atoms with van der Waals surface area (Å²) in [6, 6.07) is 18.7. The number of nitrogens with one attached hydrogen (secondary N) is 4. The number of pyridine rings is 1. The number of methoxy groups -OCH3 is 1. The fraction of sp³-hybridized carbons (Fsp3) is 0.410. The van der Waals surface area contributed by atoms with E-state index >= 15 is 4.39 Å². The van der Waals surface area contributed by atoms with Crippen LogP contribution in [-0.2, 0) is 20.9 Å². The molecule has 1 saturated carbocycles. The van der Waals surface area contributed by atoms with Gasteiger partial charge in [0.1, 0.15) is 35.9 Å². The van der Waals surface area contributed by atoms with Crippen LogP contribution in [0.1, 0.15) is 105 Å². The van der Waals surface area contributed by atoms with Crippen LogP contribution in [0, 0.1) is 24.1 Å². The number of amides is 2. The molecule has 0 unspecified atom stereocenters. The number of nitrogens with two attached hydrogens (primary N) is 2. The van der Waals surface area contributed by atoms with E-state index in [2.05, 4.69) is 36.7 Å². The number of aromatic nitrogens is 3. The van der Waals surface area contributed by atoms with Gasteiger partial charge in [0, 0.05) is 102 Å². The van der Waals surface area contributed by atoms with Crippen molar-refractivity contribution < 1.29 is 38.3 Å². The van der Waals surface area contributed by atoms with E-state index in [1.54, 1.807) is 37.5 Å². The Morgan fingerprint density at radius 1 is 1.05 bits per heavy atom. The summed E-state index contributed by atoms with van der Waals surface area (Å²) in [4.78, 5) is 49.9. The van der Waals surface area contributed by atoms with Crippen LogP contribution in [0.25, 0.3) is 33.2 Å². The van der Waals surface area contributed by atoms with E-state index in [-0.39, 0.29) is 60.7 Å². The number of likely N-dealkylation sites (tertiary alicyclic amines) is 1. The zero-order chi connectivity index (χ0) is 57.2. The first-order valence-corrected chi connectivity index (χ1v) is 28.2. The largest absolute Gasteiger partial charge is 0.486 e. The van der Waals surface area contributed by atoms with Crippen LogP contribution in [0.5, 0.6) is 11.8 Å². The molecule has 9 N–H and O–H groups in total. The molecule has 2 amide bonds. The minimum atomic E-state index is -0.739. The third kappa shape index (κ3) is 11.7. The second kappa shape index (κ2) is 24.3. The molecule has 6 aromatic rings. The van der Waals surface area contributed by atoms with Crippen LogP contribution in [-0.4, -0.2) is 125 Å². The van der Waals surface area contributed by atoms with E-state index in [9.17, 15) is 14.7 Å². The summed E-state index contributed by atoms with van der Waals surface area (Å²) < 4.78 is 35.2. The zero-order valence-electron chi connectivity index (χ0n) is 46.5. The number of hydrogen-bond acceptors (Lipinski definition) is 15. The molecule has 2 aromatic heterocycles. The molecular weight excluding hydrogens is 1050 g/mol. The van der Waals surface area contributed by atoms with Crippen molar-refractivity contribution in [3.63, 3.8) is 0 Å². The average molecular weight is 1120 g/mol. The number of aliphatic hydroxyl groups excluding tert-OH is 1. The van der Waals surface area contributed by atoms with E-state index in [0.717, 1.165) is 65.8 Å². The van der Waals surface area contributed by atoms with Gasteiger partial charge in [0.2, 0.25) is 11.9 Å². The molecule has 3 aliphatic heterocycles. The Bertz CT molecular complexity index is 3400. The molecule has 10 rings (SSSR count). The molecule has 5 heterocycles. The van der Waals surface area contributed by atoms with Crippen LogP contribution < -0.4 is 41.6 Å². The highest BCUT2D eigenvalue weighted by molar-refractivity contribution is 6.36. The maximum atomic E-state index is 16.0. The van der Waals surface area contributed by atoms with Crippen LogP contribution in [0.3, 0.4) is 0 Å². The molecule has 7 atom stereocenters. The summed E-state index contributed by atoms with van der Waals surface area (Å²) in [5.41, 5.74) is 14.1. The van der Waals surface area contributed by atoms with Gasteiger partial charge in [0.05, 0.1) is 23.8 Å². The zero-order valence-corrected chi connectivity index (χ0v) is 47.3. The highest BCUT2D eigenvalue weighted by Gasteiger charge is 2.43. The Labute approximate surface area is 476 Å². The first-order chi connectivity index (χ1) is 39.1. The monoisotopic (exact) mass is 1120 g/mol. The normalized spacial score (nSPS) is 19.6. The molecular formula is C61H71ClFN12O6+. The van der Waals surface area contributed by atoms with Crippen molar-refractivity contribution in [3.05, 3.63) is 123 Å². The number of fused-ring (bicyclic) bond motifs is 3. The van der Waals surface area contributed by atoms with Crippen molar-refractivity contribution in [2.24, 2.45) is 16.9 Å². The van der Waals surface area contributed by atoms with Crippen molar-refractivity contribution >= 4 is 64.0 Å². The predicted octanol–water partition coefficient (Wildman–Crippen LogP) is 6.53. The molecule has 424 valence electrons. The van der Waals surface area contributed by atoms with Gasteiger partial charge in [-0.25, -0.2) is 9.38 Å². The SMILES string of the molecule is CO[C@H](C)[C@@H](C)Oc1nc(N2C[C@@H]3C[C@H]2CN3)c2cc(C3CC3)c(-c3c(C)c(F)cc(N)c3C=N)c(OCc3ccc(/C(C=[NH+][C@H](C(=O)N4CCC[C@H]4C(=O)N[C@@H](CO)c4ccc(-c5ccncc5Cl)cc4)C(C)C)=N/N)cc3)c2n1. The summed E-state index contributed by atoms with van der Waals surface area (Å²) >= 11 is 6.37. The first-order valence-electron chi connectivity index (χ1n) is 27.8. The van der Waals surface area contributed by atoms with Crippen LogP contribution >= 0.6 is 11.6 Å². The fourth-order valence-electron chi connectivity index (χ4n) is 11.5. The number of ether oxygens (including phenoxy) is 3. The van der Waals surface area contributed by atoms with E-state index in [0.29, 0.717) is 80.8 Å². The Kier molecular flexibility index (Phi) is 17.0. The summed E-state index contributed by atoms with van der Waals surface area (Å²) in [5.74, 6) is 6.02. The highest BCUT2D eigenvalue weighted by Crippen LogP contribution is 2.53. The van der Waals surface area contributed by atoms with E-state index in [1.165, 1.54) is 12.3 Å². The lowest BCUT2D eigenvalue weighted by Crippen LogP contribution is -2.83. The second-order valence-corrected chi connectivity index (χ2v) is 22.4. The van der Waals surface area contributed by atoms with Crippen LogP contribution in [0.15, 0.2) is 84.2 Å². The van der Waals surface area contributed by atoms with Gasteiger partial charge in [-0.2, -0.15) is 15.1 Å². The van der Waals surface area contributed by atoms with Gasteiger partial charge in [0.25, 0.3) is 5.91 Å². The Morgan fingerprint density at radius 2 is 1.81 bits per heavy atom. The number of piperazine rings is 1. The maximum Gasteiger partial charge on any atom is 0.319 e. The Balaban J connectivity index is 0.916. The lowest BCUT2D eigenvalue weighted by Gasteiger charge is -2.31. The van der Waals surface area contributed by atoms with Gasteiger partial charge in [-0.3, -0.25) is 14.6 Å². The van der Waals surface area contributed by atoms with E-state index in [1.807, 2.05) is 82.3 Å². The average Bonchev–Trinajstić information content (AvgIpc) is 3.98. The van der Waals surface area contributed by atoms with Crippen molar-refractivity contribution in [3.8, 4) is 34.0 Å². The number of halogens is 2. The van der Waals surface area contributed by atoms with Gasteiger partial charge in [-0.1, -0.05) is 74.0 Å². The van der Waals surface area contributed by atoms with Crippen molar-refractivity contribution in [1.29, 1.82) is 5.41 Å². The molecule has 4 aromatic carbocycles. The van der Waals surface area contributed by atoms with Crippen molar-refractivity contribution in [2.45, 2.75) is 122 Å². The van der Waals surface area contributed by atoms with Crippen molar-refractivity contribution in [2.75, 3.05) is 44.0 Å². The minimum absolute atomic E-state index is 0.0593. The quantitative estimate of drug-likeness (QED) is 0.0176. The van der Waals surface area contributed by atoms with E-state index < -0.39 is 30.0 Å². The number of aliphatic hydroxyl groups is 1. The topological polar surface area (TPSA) is 253 Å². The molecule has 20 heteroatoms. The standard InChI is InChI=1S/C61H70ClFN12O6/c1-32(2)55(60(78)74-21-7-8-52(74)59(77)70-51(30-76)40-17-15-37(16-18-40)43-19-20-67-27-47(43)62)69-28-50(73-66)39-11-9-36(10-12-39)31-80-57-54(53-33(3)48(63)24-49(65)46(53)25-64)44(38-13-14-38)23-45-56(57)71-61(81-35(5)34(4)79-6)72-58(45)75-29-41-22-42(75)26-68-41/h9-12,15-20,23-25,27-28,32,34-35,38,41-42,51-52,55,64,68,76H,7-8,13-14,21-22,26,29-31,65-66H2,1-6H3,(H,70,77)/p+1/b64-25?,69-28?,73-50+/t34-,35-,41+,42+,51+,52+,55+/m1/s1. The maximum absolute atomic E-state index is 16.0. The third-order valence-electron chi connectivity index (χ3n) is 16.4. The Hall–Kier alpha value is -7.58. The lowest BCUT2D eigenvalue weighted by molar-refractivity contribution is -0.491. The van der Waals surface area contributed by atoms with E-state index in [4.69, 9.17) is 52.8 Å². The summed E-state index contributed by atoms with van der Waals surface area (Å²) in [5, 5.41) is 31.0. The molecule has 2 bridgehead atoms. The molecule has 0 radical (unpaired) electrons. The number of carbonyl (C=O) groups excluding carboxylic acids is 2. The van der Waals surface area contributed by atoms with Gasteiger partial charge < -0.3 is 56.7 Å². The summed E-state index contributed by atoms with van der Waals surface area (Å²) in [7, 11) is 1.63. The number of hydrazone groups is 1. The summed E-state index contributed by atoms with van der Waals surface area (Å²) in [6.07, 6.45) is 9.26. The molecule has 3 saturated heterocycles. The summed E-state index contributed by atoms with van der Waals surface area (Å²) in [6.45, 7) is 11.1. The number of anilines is 2. The van der Waals surface area contributed by atoms with Gasteiger partial charge in [-0.15, -0.1) is 0 Å². The van der Waals surface area contributed by atoms with Gasteiger partial charge >= 0.3 is 6.01 Å². The Morgan fingerprint density at radius 3 is 2.46 bits per heavy atom. The number of nitrogens with zero attached hydrogens (tertiary/aromatic N) is 6. The second-order valence-electron chi connectivity index (χ2n) is 22.0. The molecule has 4 aliphatic rings. The molecule has 81 heavy (non-hydrogen) atoms. The van der Waals surface area contributed by atoms with Crippen LogP contribution in [0.2, 0.25) is 5.02 Å². The molecule has 18 nitrogen and oxygen atoms in total. The van der Waals surface area contributed by atoms with Crippen molar-refractivity contribution in [1.82, 2.24) is 30.5 Å². The highest BCUT2D eigenvalue weighted by atomic mass is 35.5. The van der Waals surface area contributed by atoms with Gasteiger partial charge in [-0.05, 0) is 105 Å². The van der Waals surface area contributed by atoms with Crippen LogP contribution in [0.4, 0.5) is 15.9 Å². The first kappa shape index (κ1) is 56.7. The lowest BCUT2D eigenvalue weighted by atomic mass is 9.87. The number of hydrogen-bond donors (Lipinski definition) is 7. The molecule has 0 spiro atoms. The third-order valence-corrected chi connectivity index (χ3v) is 16.7. The molecule has 4 fully saturated rings. The molecule has 1 aliphatic carbocycles. The number of nitrogen functional groups attached to an aromatic ring is 1.